The standard InChI is InChI=1S/C33H24/c1-21-15-17-31-27(19-21)28-20-22(2)16-18-32(28)33(31)29-13-7-5-11-25(29)23-9-3-4-10-24(23)26-12-6-8-14-30(26)33/h3-20H,1-2H3. The highest BCUT2D eigenvalue weighted by Gasteiger charge is 2.49. The minimum atomic E-state index is -0.349. The molecule has 0 aromatic heterocycles. The highest BCUT2D eigenvalue weighted by atomic mass is 14.5. The van der Waals surface area contributed by atoms with E-state index in [9.17, 15) is 0 Å². The maximum Gasteiger partial charge on any atom is 0.0725 e. The summed E-state index contributed by atoms with van der Waals surface area (Å²) in [4.78, 5) is 0. The lowest BCUT2D eigenvalue weighted by Crippen LogP contribution is -2.29. The topological polar surface area (TPSA) is 0 Å². The lowest BCUT2D eigenvalue weighted by atomic mass is 9.66. The Hall–Kier alpha value is -3.90. The third-order valence-electron chi connectivity index (χ3n) is 7.62. The number of hydrogen-bond donors (Lipinski definition) is 0. The minimum absolute atomic E-state index is 0.349. The van der Waals surface area contributed by atoms with E-state index in [1.165, 1.54) is 66.8 Å². The molecule has 1 spiro atoms. The highest BCUT2D eigenvalue weighted by molar-refractivity contribution is 5.97. The Bertz CT molecular complexity index is 1460. The second-order valence-corrected chi connectivity index (χ2v) is 9.48. The first-order valence-corrected chi connectivity index (χ1v) is 11.7. The van der Waals surface area contributed by atoms with E-state index in [2.05, 4.69) is 123 Å². The molecule has 0 fully saturated rings. The molecule has 156 valence electrons. The van der Waals surface area contributed by atoms with E-state index in [1.54, 1.807) is 0 Å². The molecule has 0 atom stereocenters. The van der Waals surface area contributed by atoms with Crippen molar-refractivity contribution < 1.29 is 0 Å². The van der Waals surface area contributed by atoms with Crippen LogP contribution in [0.3, 0.4) is 0 Å². The summed E-state index contributed by atoms with van der Waals surface area (Å²) in [7, 11) is 0. The molecule has 33 heavy (non-hydrogen) atoms. The molecule has 0 bridgehead atoms. The average molecular weight is 421 g/mol. The number of fused-ring (bicyclic) bond motifs is 12. The van der Waals surface area contributed by atoms with E-state index in [1.807, 2.05) is 0 Å². The van der Waals surface area contributed by atoms with Gasteiger partial charge in [-0.25, -0.2) is 0 Å². The summed E-state index contributed by atoms with van der Waals surface area (Å²) in [5, 5.41) is 0. The van der Waals surface area contributed by atoms with Gasteiger partial charge in [-0.2, -0.15) is 0 Å². The molecule has 5 aromatic rings. The number of aryl methyl sites for hydroxylation is 2. The summed E-state index contributed by atoms with van der Waals surface area (Å²) >= 11 is 0. The van der Waals surface area contributed by atoms with E-state index in [0.29, 0.717) is 0 Å². The lowest BCUT2D eigenvalue weighted by molar-refractivity contribution is 0.775. The van der Waals surface area contributed by atoms with Crippen molar-refractivity contribution in [3.05, 3.63) is 143 Å². The van der Waals surface area contributed by atoms with Gasteiger partial charge in [-0.05, 0) is 69.5 Å². The van der Waals surface area contributed by atoms with Crippen LogP contribution in [0.5, 0.6) is 0 Å². The molecule has 0 heterocycles. The van der Waals surface area contributed by atoms with Crippen LogP contribution in [-0.2, 0) is 5.41 Å². The molecule has 7 rings (SSSR count). The van der Waals surface area contributed by atoms with Gasteiger partial charge < -0.3 is 0 Å². The maximum atomic E-state index is 2.38. The summed E-state index contributed by atoms with van der Waals surface area (Å²) in [5.74, 6) is 0. The molecule has 0 saturated heterocycles. The van der Waals surface area contributed by atoms with E-state index in [-0.39, 0.29) is 5.41 Å². The van der Waals surface area contributed by atoms with Gasteiger partial charge in [0.15, 0.2) is 0 Å². The molecule has 5 aromatic carbocycles. The van der Waals surface area contributed by atoms with Gasteiger partial charge in [0.05, 0.1) is 5.41 Å². The van der Waals surface area contributed by atoms with Gasteiger partial charge in [0.25, 0.3) is 0 Å². The van der Waals surface area contributed by atoms with Crippen molar-refractivity contribution in [2.45, 2.75) is 19.3 Å². The first-order chi connectivity index (χ1) is 16.2. The van der Waals surface area contributed by atoms with Gasteiger partial charge in [0.1, 0.15) is 0 Å². The molecule has 2 aliphatic carbocycles. The largest absolute Gasteiger partial charge is 0.0725 e. The Morgan fingerprint density at radius 2 is 0.727 bits per heavy atom. The SMILES string of the molecule is Cc1ccc2c(c1)-c1cc(C)ccc1C21c2ccccc2-c2ccccc2-c2ccccc21. The van der Waals surface area contributed by atoms with Crippen molar-refractivity contribution in [1.29, 1.82) is 0 Å². The van der Waals surface area contributed by atoms with Gasteiger partial charge >= 0.3 is 0 Å². The van der Waals surface area contributed by atoms with E-state index in [0.717, 1.165) is 0 Å². The van der Waals surface area contributed by atoms with Crippen LogP contribution in [0.25, 0.3) is 33.4 Å². The van der Waals surface area contributed by atoms with E-state index in [4.69, 9.17) is 0 Å². The van der Waals surface area contributed by atoms with Crippen LogP contribution in [0, 0.1) is 13.8 Å². The minimum Gasteiger partial charge on any atom is -0.0619 e. The fraction of sp³-hybridized carbons (Fsp3) is 0.0909. The third-order valence-corrected chi connectivity index (χ3v) is 7.62. The summed E-state index contributed by atoms with van der Waals surface area (Å²) in [6.45, 7) is 4.40. The summed E-state index contributed by atoms with van der Waals surface area (Å²) in [6.07, 6.45) is 0. The summed E-state index contributed by atoms with van der Waals surface area (Å²) in [6, 6.07) is 41.1. The highest BCUT2D eigenvalue weighted by Crippen LogP contribution is 2.61. The first kappa shape index (κ1) is 18.7. The normalized spacial score (nSPS) is 14.0. The molecular formula is C33H24. The van der Waals surface area contributed by atoms with Gasteiger partial charge in [-0.1, -0.05) is 120 Å². The Kier molecular flexibility index (Phi) is 3.71. The van der Waals surface area contributed by atoms with Gasteiger partial charge in [-0.15, -0.1) is 0 Å². The van der Waals surface area contributed by atoms with Crippen molar-refractivity contribution in [2.75, 3.05) is 0 Å². The quantitative estimate of drug-likeness (QED) is 0.231. The Balaban J connectivity index is 1.77. The molecule has 0 heteroatoms. The average Bonchev–Trinajstić information content (AvgIpc) is 3.07. The molecule has 2 aliphatic rings. The summed E-state index contributed by atoms with van der Waals surface area (Å²) < 4.78 is 0. The van der Waals surface area contributed by atoms with Crippen molar-refractivity contribution in [3.63, 3.8) is 0 Å². The zero-order valence-corrected chi connectivity index (χ0v) is 18.9. The molecule has 0 amide bonds. The number of hydrogen-bond acceptors (Lipinski definition) is 0. The summed E-state index contributed by atoms with van der Waals surface area (Å²) in [5.41, 5.74) is 15.8. The van der Waals surface area contributed by atoms with Crippen LogP contribution in [-0.4, -0.2) is 0 Å². The van der Waals surface area contributed by atoms with Crippen LogP contribution < -0.4 is 0 Å². The molecule has 0 radical (unpaired) electrons. The molecule has 0 nitrogen and oxygen atoms in total. The Morgan fingerprint density at radius 1 is 0.364 bits per heavy atom. The zero-order valence-electron chi connectivity index (χ0n) is 18.9. The lowest BCUT2D eigenvalue weighted by Gasteiger charge is -2.35. The Labute approximate surface area is 195 Å². The van der Waals surface area contributed by atoms with Crippen LogP contribution in [0.2, 0.25) is 0 Å². The van der Waals surface area contributed by atoms with Crippen LogP contribution in [0.15, 0.2) is 109 Å². The second-order valence-electron chi connectivity index (χ2n) is 9.48. The number of rotatable bonds is 0. The molecule has 0 N–H and O–H groups in total. The molecular weight excluding hydrogens is 396 g/mol. The predicted octanol–water partition coefficient (Wildman–Crippen LogP) is 8.31. The van der Waals surface area contributed by atoms with E-state index < -0.39 is 0 Å². The van der Waals surface area contributed by atoms with Crippen molar-refractivity contribution in [3.8, 4) is 33.4 Å². The van der Waals surface area contributed by atoms with Gasteiger partial charge in [0.2, 0.25) is 0 Å². The fourth-order valence-corrected chi connectivity index (χ4v) is 6.33. The molecule has 0 saturated carbocycles. The number of benzene rings is 5. The van der Waals surface area contributed by atoms with Gasteiger partial charge in [-0.3, -0.25) is 0 Å². The predicted molar refractivity (Wildman–Crippen MR) is 138 cm³/mol. The molecule has 0 aliphatic heterocycles. The smallest absolute Gasteiger partial charge is 0.0619 e. The van der Waals surface area contributed by atoms with Crippen molar-refractivity contribution in [2.24, 2.45) is 0 Å². The van der Waals surface area contributed by atoms with Gasteiger partial charge in [0, 0.05) is 0 Å². The fourth-order valence-electron chi connectivity index (χ4n) is 6.33. The van der Waals surface area contributed by atoms with Crippen LogP contribution in [0.1, 0.15) is 33.4 Å². The van der Waals surface area contributed by atoms with Crippen molar-refractivity contribution >= 4 is 0 Å². The van der Waals surface area contributed by atoms with Crippen LogP contribution >= 0.6 is 0 Å². The van der Waals surface area contributed by atoms with Crippen molar-refractivity contribution in [1.82, 2.24) is 0 Å². The van der Waals surface area contributed by atoms with Crippen LogP contribution in [0.4, 0.5) is 0 Å². The Morgan fingerprint density at radius 3 is 1.18 bits per heavy atom. The third kappa shape index (κ3) is 2.31. The monoisotopic (exact) mass is 420 g/mol. The van der Waals surface area contributed by atoms with E-state index >= 15 is 0 Å². The second kappa shape index (κ2) is 6.56. The zero-order chi connectivity index (χ0) is 22.2. The maximum absolute atomic E-state index is 2.38. The first-order valence-electron chi connectivity index (χ1n) is 11.7. The molecule has 0 unspecified atom stereocenters.